The van der Waals surface area contributed by atoms with Crippen LogP contribution in [0.3, 0.4) is 0 Å². The standard InChI is InChI=1S/C37H61N3O6/c1-8-11-20-37(9-2,10-3)36(46)33(30-23-29(40(6)7)19-18-25(30)4)27-15-14-16-28(22-27)39-32(43)17-12-13-21-38-24-31(42)35(45)34(44)26(5)41/h14-16,18-19,22-23,26,31,33-36,38,41-42,44-46H,8-13,17,20-21,24H2,1-7H3,(H,39,43)/t26-,31?,33-,34?,35?,36-/m1/s1. The maximum absolute atomic E-state index is 12.9. The third kappa shape index (κ3) is 11.0. The van der Waals surface area contributed by atoms with E-state index in [1.165, 1.54) is 6.92 Å². The molecule has 9 heteroatoms. The predicted octanol–water partition coefficient (Wildman–Crippen LogP) is 4.71. The molecule has 46 heavy (non-hydrogen) atoms. The maximum Gasteiger partial charge on any atom is 0.224 e. The molecule has 0 radical (unpaired) electrons. The highest BCUT2D eigenvalue weighted by molar-refractivity contribution is 5.90. The molecule has 0 aromatic heterocycles. The normalized spacial score (nSPS) is 15.9. The minimum absolute atomic E-state index is 0.0592. The number of amides is 1. The summed E-state index contributed by atoms with van der Waals surface area (Å²) in [6.45, 7) is 10.6. The number of unbranched alkanes of at least 4 members (excludes halogenated alkanes) is 2. The number of nitrogens with one attached hydrogen (secondary N) is 2. The fraction of sp³-hybridized carbons (Fsp3) is 0.649. The third-order valence-corrected chi connectivity index (χ3v) is 9.62. The van der Waals surface area contributed by atoms with Gasteiger partial charge in [0, 0.05) is 44.4 Å². The Kier molecular flexibility index (Phi) is 16.7. The fourth-order valence-electron chi connectivity index (χ4n) is 6.28. The smallest absolute Gasteiger partial charge is 0.224 e. The lowest BCUT2D eigenvalue weighted by molar-refractivity contribution is -0.116. The van der Waals surface area contributed by atoms with Crippen LogP contribution in [0.4, 0.5) is 11.4 Å². The molecule has 2 rings (SSSR count). The average Bonchev–Trinajstić information content (AvgIpc) is 3.03. The molecule has 0 spiro atoms. The molecular formula is C37H61N3O6. The summed E-state index contributed by atoms with van der Waals surface area (Å²) in [4.78, 5) is 15.0. The topological polar surface area (TPSA) is 146 Å². The summed E-state index contributed by atoms with van der Waals surface area (Å²) in [6.07, 6.45) is 0.607. The molecule has 0 saturated carbocycles. The van der Waals surface area contributed by atoms with E-state index < -0.39 is 30.5 Å². The van der Waals surface area contributed by atoms with Crippen molar-refractivity contribution in [3.8, 4) is 0 Å². The van der Waals surface area contributed by atoms with Crippen LogP contribution >= 0.6 is 0 Å². The van der Waals surface area contributed by atoms with E-state index in [0.29, 0.717) is 31.5 Å². The van der Waals surface area contributed by atoms with Crippen molar-refractivity contribution in [3.05, 3.63) is 59.2 Å². The van der Waals surface area contributed by atoms with Gasteiger partial charge in [-0.05, 0) is 98.9 Å². The summed E-state index contributed by atoms with van der Waals surface area (Å²) < 4.78 is 0. The van der Waals surface area contributed by atoms with Crippen molar-refractivity contribution in [1.82, 2.24) is 5.32 Å². The number of hydrogen-bond donors (Lipinski definition) is 7. The highest BCUT2D eigenvalue weighted by Gasteiger charge is 2.40. The summed E-state index contributed by atoms with van der Waals surface area (Å²) >= 11 is 0. The fourth-order valence-corrected chi connectivity index (χ4v) is 6.28. The Morgan fingerprint density at radius 2 is 1.61 bits per heavy atom. The quantitative estimate of drug-likeness (QED) is 0.0969. The Morgan fingerprint density at radius 1 is 0.913 bits per heavy atom. The van der Waals surface area contributed by atoms with Crippen LogP contribution in [0.2, 0.25) is 0 Å². The third-order valence-electron chi connectivity index (χ3n) is 9.62. The first kappa shape index (κ1) is 39.6. The van der Waals surface area contributed by atoms with Crippen LogP contribution in [0, 0.1) is 12.3 Å². The molecule has 2 aromatic rings. The van der Waals surface area contributed by atoms with Crippen molar-refractivity contribution in [1.29, 1.82) is 0 Å². The first-order chi connectivity index (χ1) is 21.8. The van der Waals surface area contributed by atoms with Crippen molar-refractivity contribution >= 4 is 17.3 Å². The van der Waals surface area contributed by atoms with E-state index in [2.05, 4.69) is 67.5 Å². The van der Waals surface area contributed by atoms with Crippen molar-refractivity contribution in [2.45, 2.75) is 122 Å². The summed E-state index contributed by atoms with van der Waals surface area (Å²) in [6, 6.07) is 14.3. The summed E-state index contributed by atoms with van der Waals surface area (Å²) in [5.41, 5.74) is 4.72. The van der Waals surface area contributed by atoms with E-state index in [1.807, 2.05) is 32.3 Å². The molecule has 7 N–H and O–H groups in total. The lowest BCUT2D eigenvalue weighted by Crippen LogP contribution is -2.47. The molecule has 3 unspecified atom stereocenters. The number of anilines is 2. The van der Waals surface area contributed by atoms with Crippen LogP contribution in [-0.4, -0.2) is 89.1 Å². The summed E-state index contributed by atoms with van der Waals surface area (Å²) in [5.74, 6) is -0.370. The Balaban J connectivity index is 2.18. The number of nitrogens with zero attached hydrogens (tertiary/aromatic N) is 1. The Labute approximate surface area is 277 Å². The molecule has 0 aliphatic heterocycles. The maximum atomic E-state index is 12.9. The van der Waals surface area contributed by atoms with Gasteiger partial charge in [0.05, 0.1) is 18.3 Å². The molecule has 0 saturated heterocycles. The second kappa shape index (κ2) is 19.3. The van der Waals surface area contributed by atoms with E-state index >= 15 is 0 Å². The second-order valence-corrected chi connectivity index (χ2v) is 13.2. The van der Waals surface area contributed by atoms with Gasteiger partial charge in [0.15, 0.2) is 0 Å². The highest BCUT2D eigenvalue weighted by Crippen LogP contribution is 2.46. The largest absolute Gasteiger partial charge is 0.392 e. The molecule has 1 amide bonds. The van der Waals surface area contributed by atoms with Gasteiger partial charge in [0.2, 0.25) is 5.91 Å². The zero-order valence-electron chi connectivity index (χ0n) is 29.2. The Morgan fingerprint density at radius 3 is 2.22 bits per heavy atom. The molecule has 0 heterocycles. The van der Waals surface area contributed by atoms with Crippen LogP contribution in [0.5, 0.6) is 0 Å². The number of hydrogen-bond acceptors (Lipinski definition) is 8. The number of benzene rings is 2. The molecule has 0 bridgehead atoms. The molecule has 0 aliphatic carbocycles. The second-order valence-electron chi connectivity index (χ2n) is 13.2. The van der Waals surface area contributed by atoms with Gasteiger partial charge >= 0.3 is 0 Å². The first-order valence-corrected chi connectivity index (χ1v) is 17.1. The SMILES string of the molecule is CCCCC(CC)(CC)[C@H](O)[C@H](c1cccc(NC(=O)CCCCNCC(O)C(O)C(O)[C@@H](C)O)c1)c1cc(N(C)C)ccc1C. The van der Waals surface area contributed by atoms with Crippen LogP contribution < -0.4 is 15.5 Å². The highest BCUT2D eigenvalue weighted by atomic mass is 16.4. The van der Waals surface area contributed by atoms with Gasteiger partial charge in [-0.25, -0.2) is 0 Å². The lowest BCUT2D eigenvalue weighted by atomic mass is 9.66. The number of aliphatic hydroxyl groups is 5. The van der Waals surface area contributed by atoms with Crippen molar-refractivity contribution in [3.63, 3.8) is 0 Å². The van der Waals surface area contributed by atoms with Crippen molar-refractivity contribution < 1.29 is 30.3 Å². The van der Waals surface area contributed by atoms with E-state index in [0.717, 1.165) is 54.5 Å². The van der Waals surface area contributed by atoms with Gasteiger partial charge in [-0.2, -0.15) is 0 Å². The molecule has 0 fully saturated rings. The predicted molar refractivity (Wildman–Crippen MR) is 187 cm³/mol. The van der Waals surface area contributed by atoms with Gasteiger partial charge < -0.3 is 41.1 Å². The first-order valence-electron chi connectivity index (χ1n) is 17.1. The van der Waals surface area contributed by atoms with Gasteiger partial charge in [-0.1, -0.05) is 51.8 Å². The van der Waals surface area contributed by atoms with Crippen LogP contribution in [0.1, 0.15) is 102 Å². The van der Waals surface area contributed by atoms with Gasteiger partial charge in [0.1, 0.15) is 12.2 Å². The van der Waals surface area contributed by atoms with Crippen LogP contribution in [0.25, 0.3) is 0 Å². The Hall–Kier alpha value is -2.53. The molecule has 0 aliphatic rings. The molecule has 6 atom stereocenters. The molecule has 260 valence electrons. The van der Waals surface area contributed by atoms with Gasteiger partial charge in [0.25, 0.3) is 0 Å². The number of aryl methyl sites for hydroxylation is 1. The minimum Gasteiger partial charge on any atom is -0.392 e. The van der Waals surface area contributed by atoms with Crippen LogP contribution in [-0.2, 0) is 4.79 Å². The van der Waals surface area contributed by atoms with Crippen LogP contribution in [0.15, 0.2) is 42.5 Å². The van der Waals surface area contributed by atoms with E-state index in [9.17, 15) is 30.3 Å². The minimum atomic E-state index is -1.45. The molecule has 9 nitrogen and oxygen atoms in total. The number of aliphatic hydroxyl groups excluding tert-OH is 5. The van der Waals surface area contributed by atoms with Gasteiger partial charge in [-0.3, -0.25) is 4.79 Å². The summed E-state index contributed by atoms with van der Waals surface area (Å²) in [7, 11) is 4.04. The zero-order chi connectivity index (χ0) is 34.4. The molecular weight excluding hydrogens is 582 g/mol. The monoisotopic (exact) mass is 643 g/mol. The number of carbonyl (C=O) groups excluding carboxylic acids is 1. The van der Waals surface area contributed by atoms with E-state index in [1.54, 1.807) is 0 Å². The van der Waals surface area contributed by atoms with Gasteiger partial charge in [-0.15, -0.1) is 0 Å². The van der Waals surface area contributed by atoms with Crippen molar-refractivity contribution in [2.75, 3.05) is 37.4 Å². The number of carbonyl (C=O) groups is 1. The Bertz CT molecular complexity index is 1190. The van der Waals surface area contributed by atoms with Crippen molar-refractivity contribution in [2.24, 2.45) is 5.41 Å². The van der Waals surface area contributed by atoms with E-state index in [4.69, 9.17) is 0 Å². The summed E-state index contributed by atoms with van der Waals surface area (Å²) in [5, 5.41) is 57.4. The molecule has 2 aromatic carbocycles. The lowest BCUT2D eigenvalue weighted by Gasteiger charge is -2.42. The number of rotatable bonds is 21. The van der Waals surface area contributed by atoms with E-state index in [-0.39, 0.29) is 23.8 Å². The zero-order valence-corrected chi connectivity index (χ0v) is 29.2. The average molecular weight is 644 g/mol.